The molecule has 1 aromatic carbocycles. The standard InChI is InChI=1S/C12H17N3O/c1-2-3-12-14-9-5-4-8(11(16)7-13)6-10(9)15-12/h4-6,11,16H,2-3,7,13H2,1H3,(H,14,15). The van der Waals surface area contributed by atoms with Gasteiger partial charge in [0.2, 0.25) is 0 Å². The van der Waals surface area contributed by atoms with Gasteiger partial charge in [-0.05, 0) is 24.1 Å². The van der Waals surface area contributed by atoms with Crippen molar-refractivity contribution in [3.8, 4) is 0 Å². The molecular formula is C12H17N3O. The Morgan fingerprint density at radius 1 is 1.50 bits per heavy atom. The lowest BCUT2D eigenvalue weighted by atomic mass is 10.1. The zero-order chi connectivity index (χ0) is 11.5. The maximum atomic E-state index is 9.64. The van der Waals surface area contributed by atoms with E-state index in [4.69, 9.17) is 5.73 Å². The van der Waals surface area contributed by atoms with E-state index in [1.165, 1.54) is 0 Å². The molecule has 4 heteroatoms. The lowest BCUT2D eigenvalue weighted by Crippen LogP contribution is -2.11. The Morgan fingerprint density at radius 3 is 3.00 bits per heavy atom. The van der Waals surface area contributed by atoms with Gasteiger partial charge in [0.05, 0.1) is 17.1 Å². The van der Waals surface area contributed by atoms with Crippen LogP contribution in [0.25, 0.3) is 11.0 Å². The van der Waals surface area contributed by atoms with Gasteiger partial charge in [-0.15, -0.1) is 0 Å². The SMILES string of the molecule is CCCc1nc2ccc(C(O)CN)cc2[nH]1. The first-order chi connectivity index (χ1) is 7.74. The number of H-pyrrole nitrogens is 1. The highest BCUT2D eigenvalue weighted by Crippen LogP contribution is 2.18. The van der Waals surface area contributed by atoms with Crippen molar-refractivity contribution in [3.05, 3.63) is 29.6 Å². The summed E-state index contributed by atoms with van der Waals surface area (Å²) in [6, 6.07) is 5.70. The van der Waals surface area contributed by atoms with Crippen molar-refractivity contribution in [1.82, 2.24) is 9.97 Å². The third kappa shape index (κ3) is 2.08. The predicted octanol–water partition coefficient (Wildman–Crippen LogP) is 1.51. The maximum Gasteiger partial charge on any atom is 0.107 e. The highest BCUT2D eigenvalue weighted by atomic mass is 16.3. The summed E-state index contributed by atoms with van der Waals surface area (Å²) >= 11 is 0. The van der Waals surface area contributed by atoms with E-state index in [2.05, 4.69) is 16.9 Å². The molecule has 86 valence electrons. The van der Waals surface area contributed by atoms with Crippen molar-refractivity contribution < 1.29 is 5.11 Å². The van der Waals surface area contributed by atoms with Crippen LogP contribution in [0.3, 0.4) is 0 Å². The topological polar surface area (TPSA) is 74.9 Å². The molecule has 1 heterocycles. The Balaban J connectivity index is 2.37. The molecule has 0 bridgehead atoms. The van der Waals surface area contributed by atoms with Crippen LogP contribution >= 0.6 is 0 Å². The number of imidazole rings is 1. The van der Waals surface area contributed by atoms with Gasteiger partial charge in [0, 0.05) is 13.0 Å². The summed E-state index contributed by atoms with van der Waals surface area (Å²) in [7, 11) is 0. The summed E-state index contributed by atoms with van der Waals surface area (Å²) < 4.78 is 0. The second kappa shape index (κ2) is 4.63. The van der Waals surface area contributed by atoms with Crippen LogP contribution in [0, 0.1) is 0 Å². The molecule has 0 aliphatic heterocycles. The van der Waals surface area contributed by atoms with Gasteiger partial charge in [0.15, 0.2) is 0 Å². The van der Waals surface area contributed by atoms with Crippen molar-refractivity contribution in [2.24, 2.45) is 5.73 Å². The molecule has 0 amide bonds. The number of rotatable bonds is 4. The van der Waals surface area contributed by atoms with E-state index in [1.807, 2.05) is 18.2 Å². The zero-order valence-electron chi connectivity index (χ0n) is 9.40. The Labute approximate surface area is 94.5 Å². The van der Waals surface area contributed by atoms with Crippen molar-refractivity contribution in [3.63, 3.8) is 0 Å². The number of benzene rings is 1. The molecule has 16 heavy (non-hydrogen) atoms. The van der Waals surface area contributed by atoms with E-state index in [0.29, 0.717) is 0 Å². The fourth-order valence-electron chi connectivity index (χ4n) is 1.78. The van der Waals surface area contributed by atoms with Gasteiger partial charge in [0.1, 0.15) is 5.82 Å². The highest BCUT2D eigenvalue weighted by molar-refractivity contribution is 5.76. The van der Waals surface area contributed by atoms with Gasteiger partial charge in [-0.3, -0.25) is 0 Å². The Kier molecular flexibility index (Phi) is 3.22. The van der Waals surface area contributed by atoms with E-state index in [1.54, 1.807) is 0 Å². The van der Waals surface area contributed by atoms with Crippen LogP contribution in [0.15, 0.2) is 18.2 Å². The van der Waals surface area contributed by atoms with E-state index < -0.39 is 6.10 Å². The van der Waals surface area contributed by atoms with Crippen LogP contribution in [-0.4, -0.2) is 21.6 Å². The molecule has 0 saturated heterocycles. The van der Waals surface area contributed by atoms with E-state index >= 15 is 0 Å². The summed E-state index contributed by atoms with van der Waals surface area (Å²) in [6.07, 6.45) is 1.42. The molecule has 4 nitrogen and oxygen atoms in total. The first-order valence-electron chi connectivity index (χ1n) is 5.61. The van der Waals surface area contributed by atoms with Crippen molar-refractivity contribution >= 4 is 11.0 Å². The summed E-state index contributed by atoms with van der Waals surface area (Å²) in [5.41, 5.74) is 8.17. The van der Waals surface area contributed by atoms with Crippen molar-refractivity contribution in [2.75, 3.05) is 6.54 Å². The molecule has 2 aromatic rings. The Hall–Kier alpha value is -1.39. The molecule has 0 saturated carbocycles. The number of nitrogens with two attached hydrogens (primary N) is 1. The number of nitrogens with zero attached hydrogens (tertiary/aromatic N) is 1. The number of aromatic amines is 1. The van der Waals surface area contributed by atoms with Gasteiger partial charge in [-0.1, -0.05) is 13.0 Å². The molecule has 0 radical (unpaired) electrons. The molecule has 0 fully saturated rings. The minimum atomic E-state index is -0.595. The number of fused-ring (bicyclic) bond motifs is 1. The maximum absolute atomic E-state index is 9.64. The second-order valence-electron chi connectivity index (χ2n) is 3.96. The average Bonchev–Trinajstić information content (AvgIpc) is 2.69. The first-order valence-corrected chi connectivity index (χ1v) is 5.61. The van der Waals surface area contributed by atoms with E-state index in [-0.39, 0.29) is 6.54 Å². The number of aliphatic hydroxyl groups excluding tert-OH is 1. The minimum absolute atomic E-state index is 0.238. The summed E-state index contributed by atoms with van der Waals surface area (Å²) in [6.45, 7) is 2.36. The van der Waals surface area contributed by atoms with Crippen LogP contribution < -0.4 is 5.73 Å². The normalized spacial score (nSPS) is 13.2. The molecule has 1 unspecified atom stereocenters. The van der Waals surface area contributed by atoms with Gasteiger partial charge in [-0.2, -0.15) is 0 Å². The molecule has 1 aromatic heterocycles. The second-order valence-corrected chi connectivity index (χ2v) is 3.96. The number of nitrogens with one attached hydrogen (secondary N) is 1. The monoisotopic (exact) mass is 219 g/mol. The Morgan fingerprint density at radius 2 is 2.31 bits per heavy atom. The first kappa shape index (κ1) is 11.1. The van der Waals surface area contributed by atoms with Gasteiger partial charge >= 0.3 is 0 Å². The molecular weight excluding hydrogens is 202 g/mol. The largest absolute Gasteiger partial charge is 0.387 e. The van der Waals surface area contributed by atoms with Crippen molar-refractivity contribution in [2.45, 2.75) is 25.9 Å². The third-order valence-corrected chi connectivity index (χ3v) is 2.65. The fraction of sp³-hybridized carbons (Fsp3) is 0.417. The smallest absolute Gasteiger partial charge is 0.107 e. The van der Waals surface area contributed by atoms with Crippen LogP contribution in [0.4, 0.5) is 0 Å². The van der Waals surface area contributed by atoms with Crippen LogP contribution in [0.2, 0.25) is 0 Å². The summed E-state index contributed by atoms with van der Waals surface area (Å²) in [4.78, 5) is 7.71. The molecule has 1 atom stereocenters. The van der Waals surface area contributed by atoms with E-state index in [0.717, 1.165) is 35.3 Å². The number of aryl methyl sites for hydroxylation is 1. The van der Waals surface area contributed by atoms with Crippen LogP contribution in [0.1, 0.15) is 30.8 Å². The Bertz CT molecular complexity index is 478. The minimum Gasteiger partial charge on any atom is -0.387 e. The highest BCUT2D eigenvalue weighted by Gasteiger charge is 2.08. The van der Waals surface area contributed by atoms with Gasteiger partial charge in [-0.25, -0.2) is 4.98 Å². The predicted molar refractivity (Wildman–Crippen MR) is 64.1 cm³/mol. The molecule has 0 aliphatic carbocycles. The lowest BCUT2D eigenvalue weighted by molar-refractivity contribution is 0.187. The van der Waals surface area contributed by atoms with Crippen LogP contribution in [-0.2, 0) is 6.42 Å². The lowest BCUT2D eigenvalue weighted by Gasteiger charge is -2.06. The zero-order valence-corrected chi connectivity index (χ0v) is 9.40. The fourth-order valence-corrected chi connectivity index (χ4v) is 1.78. The average molecular weight is 219 g/mol. The quantitative estimate of drug-likeness (QED) is 0.729. The number of aliphatic hydroxyl groups is 1. The van der Waals surface area contributed by atoms with E-state index in [9.17, 15) is 5.11 Å². The van der Waals surface area contributed by atoms with Gasteiger partial charge in [0.25, 0.3) is 0 Å². The molecule has 0 aliphatic rings. The van der Waals surface area contributed by atoms with Crippen molar-refractivity contribution in [1.29, 1.82) is 0 Å². The number of hydrogen-bond donors (Lipinski definition) is 3. The molecule has 2 rings (SSSR count). The number of aromatic nitrogens is 2. The molecule has 4 N–H and O–H groups in total. The van der Waals surface area contributed by atoms with Gasteiger partial charge < -0.3 is 15.8 Å². The summed E-state index contributed by atoms with van der Waals surface area (Å²) in [5, 5.41) is 9.64. The number of hydrogen-bond acceptors (Lipinski definition) is 3. The third-order valence-electron chi connectivity index (χ3n) is 2.65. The van der Waals surface area contributed by atoms with Crippen LogP contribution in [0.5, 0.6) is 0 Å². The summed E-state index contributed by atoms with van der Waals surface area (Å²) in [5.74, 6) is 0.997. The molecule has 0 spiro atoms.